The number of carbonyl (C=O) groups excluding carboxylic acids is 2. The molecule has 1 atom stereocenters. The summed E-state index contributed by atoms with van der Waals surface area (Å²) in [5.74, 6) is -1.63. The number of aromatic nitrogens is 1. The van der Waals surface area contributed by atoms with Crippen molar-refractivity contribution in [3.8, 4) is 0 Å². The Kier molecular flexibility index (Phi) is 5.80. The Bertz CT molecular complexity index is 1170. The molecule has 7 nitrogen and oxygen atoms in total. The zero-order valence-corrected chi connectivity index (χ0v) is 18.0. The standard InChI is InChI=1S/C23H22ClN3O4/c1-26(2)9-4-10-27-20(14-5-3-8-25-13-14)19(22(29)23(27)30)21(28)18-12-15-11-16(24)6-7-17(15)31-18/h3,5-8,11-13,20,29H,4,9-10H2,1-2H3. The second-order valence-electron chi connectivity index (χ2n) is 7.73. The van der Waals surface area contributed by atoms with E-state index in [0.29, 0.717) is 34.5 Å². The first kappa shape index (κ1) is 21.1. The predicted molar refractivity (Wildman–Crippen MR) is 117 cm³/mol. The highest BCUT2D eigenvalue weighted by atomic mass is 35.5. The van der Waals surface area contributed by atoms with Crippen molar-refractivity contribution in [2.75, 3.05) is 27.2 Å². The molecular weight excluding hydrogens is 418 g/mol. The van der Waals surface area contributed by atoms with Gasteiger partial charge in [0.15, 0.2) is 11.5 Å². The fraction of sp³-hybridized carbons (Fsp3) is 0.261. The number of aliphatic hydroxyl groups is 1. The number of furan rings is 1. The first-order valence-electron chi connectivity index (χ1n) is 9.89. The molecule has 1 aliphatic rings. The van der Waals surface area contributed by atoms with Gasteiger partial charge >= 0.3 is 0 Å². The zero-order valence-electron chi connectivity index (χ0n) is 17.2. The number of aliphatic hydroxyl groups excluding tert-OH is 1. The number of halogens is 1. The Hall–Kier alpha value is -3.16. The molecule has 0 bridgehead atoms. The Morgan fingerprint density at radius 1 is 1.29 bits per heavy atom. The number of rotatable bonds is 7. The lowest BCUT2D eigenvalue weighted by molar-refractivity contribution is -0.129. The summed E-state index contributed by atoms with van der Waals surface area (Å²) in [6.07, 6.45) is 3.90. The highest BCUT2D eigenvalue weighted by Crippen LogP contribution is 2.39. The average molecular weight is 440 g/mol. The van der Waals surface area contributed by atoms with Gasteiger partial charge in [-0.15, -0.1) is 0 Å². The minimum absolute atomic E-state index is 0.00648. The summed E-state index contributed by atoms with van der Waals surface area (Å²) in [7, 11) is 3.89. The van der Waals surface area contributed by atoms with Crippen molar-refractivity contribution in [1.29, 1.82) is 0 Å². The summed E-state index contributed by atoms with van der Waals surface area (Å²) in [5, 5.41) is 11.9. The summed E-state index contributed by atoms with van der Waals surface area (Å²) >= 11 is 6.03. The topological polar surface area (TPSA) is 86.9 Å². The van der Waals surface area contributed by atoms with Crippen molar-refractivity contribution in [3.63, 3.8) is 0 Å². The van der Waals surface area contributed by atoms with E-state index in [0.717, 1.165) is 6.54 Å². The van der Waals surface area contributed by atoms with E-state index in [4.69, 9.17) is 16.0 Å². The van der Waals surface area contributed by atoms with Crippen LogP contribution in [0.5, 0.6) is 0 Å². The van der Waals surface area contributed by atoms with Gasteiger partial charge in [-0.3, -0.25) is 14.6 Å². The summed E-state index contributed by atoms with van der Waals surface area (Å²) in [5.41, 5.74) is 1.14. The fourth-order valence-corrected chi connectivity index (χ4v) is 4.00. The van der Waals surface area contributed by atoms with Crippen LogP contribution in [0.15, 0.2) is 64.5 Å². The van der Waals surface area contributed by atoms with E-state index < -0.39 is 23.5 Å². The average Bonchev–Trinajstić information content (AvgIpc) is 3.27. The highest BCUT2D eigenvalue weighted by Gasteiger charge is 2.44. The van der Waals surface area contributed by atoms with Gasteiger partial charge in [0.1, 0.15) is 5.58 Å². The molecule has 1 aromatic carbocycles. The third-order valence-corrected chi connectivity index (χ3v) is 5.49. The summed E-state index contributed by atoms with van der Waals surface area (Å²) in [6.45, 7) is 1.14. The molecule has 0 radical (unpaired) electrons. The van der Waals surface area contributed by atoms with E-state index in [2.05, 4.69) is 4.98 Å². The maximum absolute atomic E-state index is 13.4. The summed E-state index contributed by atoms with van der Waals surface area (Å²) in [6, 6.07) is 9.39. The van der Waals surface area contributed by atoms with Crippen LogP contribution < -0.4 is 0 Å². The lowest BCUT2D eigenvalue weighted by atomic mass is 9.96. The van der Waals surface area contributed by atoms with Gasteiger partial charge in [0.2, 0.25) is 5.78 Å². The van der Waals surface area contributed by atoms with Gasteiger partial charge in [-0.25, -0.2) is 0 Å². The first-order valence-corrected chi connectivity index (χ1v) is 10.3. The number of pyridine rings is 1. The molecule has 1 unspecified atom stereocenters. The van der Waals surface area contributed by atoms with Crippen LogP contribution in [0.3, 0.4) is 0 Å². The van der Waals surface area contributed by atoms with E-state index in [-0.39, 0.29) is 11.3 Å². The van der Waals surface area contributed by atoms with Crippen LogP contribution in [0.25, 0.3) is 11.0 Å². The van der Waals surface area contributed by atoms with Crippen molar-refractivity contribution in [1.82, 2.24) is 14.8 Å². The lowest BCUT2D eigenvalue weighted by Crippen LogP contribution is -2.33. The van der Waals surface area contributed by atoms with Crippen LogP contribution in [-0.2, 0) is 4.79 Å². The number of hydrogen-bond donors (Lipinski definition) is 1. The Labute approximate surface area is 184 Å². The molecule has 0 saturated carbocycles. The number of nitrogens with zero attached hydrogens (tertiary/aromatic N) is 3. The van der Waals surface area contributed by atoms with Gasteiger partial charge in [-0.2, -0.15) is 0 Å². The Balaban J connectivity index is 1.73. The summed E-state index contributed by atoms with van der Waals surface area (Å²) in [4.78, 5) is 34.0. The van der Waals surface area contributed by atoms with Crippen molar-refractivity contribution >= 4 is 34.3 Å². The van der Waals surface area contributed by atoms with Crippen molar-refractivity contribution in [3.05, 3.63) is 76.5 Å². The number of Topliss-reactive ketones (excluding diaryl/α,β-unsaturated/α-hetero) is 1. The number of benzene rings is 1. The van der Waals surface area contributed by atoms with Gasteiger partial charge < -0.3 is 19.3 Å². The van der Waals surface area contributed by atoms with Crippen molar-refractivity contribution in [2.24, 2.45) is 0 Å². The molecule has 3 aromatic rings. The predicted octanol–water partition coefficient (Wildman–Crippen LogP) is 4.01. The minimum atomic E-state index is -0.743. The maximum atomic E-state index is 13.4. The van der Waals surface area contributed by atoms with E-state index >= 15 is 0 Å². The van der Waals surface area contributed by atoms with E-state index in [1.54, 1.807) is 48.8 Å². The van der Waals surface area contributed by atoms with E-state index in [9.17, 15) is 14.7 Å². The molecule has 0 aliphatic carbocycles. The molecule has 4 rings (SSSR count). The molecule has 0 fully saturated rings. The smallest absolute Gasteiger partial charge is 0.290 e. The van der Waals surface area contributed by atoms with Crippen LogP contribution >= 0.6 is 11.6 Å². The number of fused-ring (bicyclic) bond motifs is 1. The molecule has 0 spiro atoms. The molecule has 1 aliphatic heterocycles. The normalized spacial score (nSPS) is 16.7. The van der Waals surface area contributed by atoms with Crippen LogP contribution in [0, 0.1) is 0 Å². The molecule has 1 N–H and O–H groups in total. The first-order chi connectivity index (χ1) is 14.9. The number of ketones is 1. The van der Waals surface area contributed by atoms with Crippen LogP contribution in [0.1, 0.15) is 28.6 Å². The lowest BCUT2D eigenvalue weighted by Gasteiger charge is -2.26. The molecular formula is C23H22ClN3O4. The van der Waals surface area contributed by atoms with Gasteiger partial charge in [0.25, 0.3) is 5.91 Å². The van der Waals surface area contributed by atoms with E-state index in [1.165, 1.54) is 4.90 Å². The summed E-state index contributed by atoms with van der Waals surface area (Å²) < 4.78 is 5.71. The molecule has 160 valence electrons. The van der Waals surface area contributed by atoms with Gasteiger partial charge in [-0.1, -0.05) is 17.7 Å². The monoisotopic (exact) mass is 439 g/mol. The Morgan fingerprint density at radius 2 is 2.10 bits per heavy atom. The van der Waals surface area contributed by atoms with Gasteiger partial charge in [-0.05, 0) is 63.0 Å². The van der Waals surface area contributed by atoms with Crippen molar-refractivity contribution in [2.45, 2.75) is 12.5 Å². The molecule has 31 heavy (non-hydrogen) atoms. The number of hydrogen-bond acceptors (Lipinski definition) is 6. The third kappa shape index (κ3) is 4.06. The Morgan fingerprint density at radius 3 is 2.81 bits per heavy atom. The number of amides is 1. The highest BCUT2D eigenvalue weighted by molar-refractivity contribution is 6.31. The zero-order chi connectivity index (χ0) is 22.1. The van der Waals surface area contributed by atoms with Gasteiger partial charge in [0.05, 0.1) is 11.6 Å². The fourth-order valence-electron chi connectivity index (χ4n) is 3.82. The molecule has 8 heteroatoms. The minimum Gasteiger partial charge on any atom is -0.503 e. The SMILES string of the molecule is CN(C)CCCN1C(=O)C(O)=C(C(=O)c2cc3cc(Cl)ccc3o2)C1c1cccnc1. The van der Waals surface area contributed by atoms with E-state index in [1.807, 2.05) is 19.0 Å². The molecule has 2 aromatic heterocycles. The largest absolute Gasteiger partial charge is 0.503 e. The second-order valence-corrected chi connectivity index (χ2v) is 8.16. The third-order valence-electron chi connectivity index (χ3n) is 5.25. The second kappa shape index (κ2) is 8.53. The molecule has 0 saturated heterocycles. The maximum Gasteiger partial charge on any atom is 0.290 e. The van der Waals surface area contributed by atoms with Crippen molar-refractivity contribution < 1.29 is 19.1 Å². The molecule has 3 heterocycles. The quantitative estimate of drug-likeness (QED) is 0.560. The van der Waals surface area contributed by atoms with Gasteiger partial charge in [0, 0.05) is 29.3 Å². The molecule has 1 amide bonds. The van der Waals surface area contributed by atoms with Crippen LogP contribution in [-0.4, -0.2) is 58.8 Å². The van der Waals surface area contributed by atoms with Crippen LogP contribution in [0.2, 0.25) is 5.02 Å². The van der Waals surface area contributed by atoms with Crippen LogP contribution in [0.4, 0.5) is 0 Å². The number of carbonyl (C=O) groups is 2.